The molecule has 5 nitrogen and oxygen atoms in total. The summed E-state index contributed by atoms with van der Waals surface area (Å²) in [7, 11) is 2.17. The number of likely N-dealkylation sites (N-methyl/N-ethyl adjacent to an activating group) is 1. The summed E-state index contributed by atoms with van der Waals surface area (Å²) < 4.78 is 8.42. The minimum atomic E-state index is 0.0674. The van der Waals surface area contributed by atoms with Gasteiger partial charge in [-0.05, 0) is 7.05 Å². The summed E-state index contributed by atoms with van der Waals surface area (Å²) in [6, 6.07) is 0. The molecule has 2 aliphatic heterocycles. The molecule has 1 atom stereocenters. The van der Waals surface area contributed by atoms with Gasteiger partial charge in [0.05, 0.1) is 24.9 Å². The number of aromatic nitrogens is 2. The van der Waals surface area contributed by atoms with Crippen molar-refractivity contribution in [3.8, 4) is 0 Å². The lowest BCUT2D eigenvalue weighted by molar-refractivity contribution is -0.0284. The minimum Gasteiger partial charge on any atom is -0.374 e. The van der Waals surface area contributed by atoms with Crippen molar-refractivity contribution in [2.45, 2.75) is 51.8 Å². The molecule has 0 spiro atoms. The van der Waals surface area contributed by atoms with E-state index >= 15 is 0 Å². The maximum absolute atomic E-state index is 5.97. The molecule has 0 amide bonds. The number of ether oxygens (including phenoxy) is 1. The number of hydrogen-bond acceptors (Lipinski definition) is 4. The first-order valence-electron chi connectivity index (χ1n) is 8.05. The van der Waals surface area contributed by atoms with Gasteiger partial charge in [-0.15, -0.1) is 0 Å². The SMILES string of the molecule is CN1CCOC(Cn2c(C(C)(C)C)nc3c2CCNC3)C1. The summed E-state index contributed by atoms with van der Waals surface area (Å²) in [5, 5.41) is 3.43. The predicted octanol–water partition coefficient (Wildman–Crippen LogP) is 1.16. The highest BCUT2D eigenvalue weighted by Crippen LogP contribution is 2.27. The Balaban J connectivity index is 1.90. The largest absolute Gasteiger partial charge is 0.374 e. The van der Waals surface area contributed by atoms with E-state index in [1.54, 1.807) is 0 Å². The van der Waals surface area contributed by atoms with Gasteiger partial charge in [0, 0.05) is 43.7 Å². The Hall–Kier alpha value is -0.910. The van der Waals surface area contributed by atoms with Gasteiger partial charge in [0.1, 0.15) is 5.82 Å². The lowest BCUT2D eigenvalue weighted by Crippen LogP contribution is -2.42. The van der Waals surface area contributed by atoms with Gasteiger partial charge in [-0.2, -0.15) is 0 Å². The molecule has 1 N–H and O–H groups in total. The van der Waals surface area contributed by atoms with Gasteiger partial charge in [0.2, 0.25) is 0 Å². The Kier molecular flexibility index (Phi) is 4.08. The molecule has 1 saturated heterocycles. The molecule has 118 valence electrons. The molecule has 1 aromatic heterocycles. The number of rotatable bonds is 2. The first kappa shape index (κ1) is 15.0. The quantitative estimate of drug-likeness (QED) is 0.888. The lowest BCUT2D eigenvalue weighted by Gasteiger charge is -2.32. The van der Waals surface area contributed by atoms with Gasteiger partial charge in [-0.3, -0.25) is 0 Å². The Morgan fingerprint density at radius 1 is 1.38 bits per heavy atom. The van der Waals surface area contributed by atoms with Crippen LogP contribution in [0.3, 0.4) is 0 Å². The maximum atomic E-state index is 5.97. The molecular formula is C16H28N4O. The first-order valence-corrected chi connectivity index (χ1v) is 8.05. The van der Waals surface area contributed by atoms with Crippen LogP contribution in [0.2, 0.25) is 0 Å². The molecular weight excluding hydrogens is 264 g/mol. The minimum absolute atomic E-state index is 0.0674. The number of imidazole rings is 1. The van der Waals surface area contributed by atoms with E-state index in [0.29, 0.717) is 0 Å². The number of hydrogen-bond donors (Lipinski definition) is 1. The maximum Gasteiger partial charge on any atom is 0.114 e. The van der Waals surface area contributed by atoms with E-state index in [1.165, 1.54) is 17.2 Å². The van der Waals surface area contributed by atoms with Crippen molar-refractivity contribution in [2.24, 2.45) is 0 Å². The summed E-state index contributed by atoms with van der Waals surface area (Å²) >= 11 is 0. The first-order chi connectivity index (χ1) is 9.95. The van der Waals surface area contributed by atoms with Crippen LogP contribution >= 0.6 is 0 Å². The highest BCUT2D eigenvalue weighted by molar-refractivity contribution is 5.23. The van der Waals surface area contributed by atoms with Gasteiger partial charge in [-0.25, -0.2) is 4.98 Å². The number of nitrogens with one attached hydrogen (secondary N) is 1. The van der Waals surface area contributed by atoms with E-state index in [0.717, 1.165) is 45.8 Å². The standard InChI is InChI=1S/C16H28N4O/c1-16(2,3)15-18-13-9-17-6-5-14(13)20(15)11-12-10-19(4)7-8-21-12/h12,17H,5-11H2,1-4H3. The zero-order chi connectivity index (χ0) is 15.0. The Bertz CT molecular complexity index is 503. The van der Waals surface area contributed by atoms with E-state index in [-0.39, 0.29) is 11.5 Å². The topological polar surface area (TPSA) is 42.3 Å². The van der Waals surface area contributed by atoms with Crippen LogP contribution in [-0.2, 0) is 29.7 Å². The molecule has 1 unspecified atom stereocenters. The fraction of sp³-hybridized carbons (Fsp3) is 0.812. The smallest absolute Gasteiger partial charge is 0.114 e. The highest BCUT2D eigenvalue weighted by Gasteiger charge is 2.29. The van der Waals surface area contributed by atoms with Gasteiger partial charge in [-0.1, -0.05) is 20.8 Å². The van der Waals surface area contributed by atoms with E-state index in [1.807, 2.05) is 0 Å². The molecule has 0 radical (unpaired) electrons. The molecule has 1 aromatic rings. The average molecular weight is 292 g/mol. The zero-order valence-corrected chi connectivity index (χ0v) is 13.8. The Labute approximate surface area is 127 Å². The summed E-state index contributed by atoms with van der Waals surface area (Å²) in [6.07, 6.45) is 1.35. The normalized spacial score (nSPS) is 24.1. The molecule has 0 saturated carbocycles. The van der Waals surface area contributed by atoms with Crippen molar-refractivity contribution in [3.63, 3.8) is 0 Å². The monoisotopic (exact) mass is 292 g/mol. The van der Waals surface area contributed by atoms with E-state index < -0.39 is 0 Å². The van der Waals surface area contributed by atoms with Crippen molar-refractivity contribution in [2.75, 3.05) is 33.3 Å². The van der Waals surface area contributed by atoms with Gasteiger partial charge in [0.15, 0.2) is 0 Å². The molecule has 0 aliphatic carbocycles. The zero-order valence-electron chi connectivity index (χ0n) is 13.8. The summed E-state index contributed by atoms with van der Waals surface area (Å²) in [5.41, 5.74) is 2.71. The van der Waals surface area contributed by atoms with Crippen molar-refractivity contribution in [3.05, 3.63) is 17.2 Å². The van der Waals surface area contributed by atoms with E-state index in [9.17, 15) is 0 Å². The third-order valence-electron chi connectivity index (χ3n) is 4.39. The third-order valence-corrected chi connectivity index (χ3v) is 4.39. The second-order valence-corrected chi connectivity index (χ2v) is 7.37. The van der Waals surface area contributed by atoms with Crippen molar-refractivity contribution >= 4 is 0 Å². The number of nitrogens with zero attached hydrogens (tertiary/aromatic N) is 3. The van der Waals surface area contributed by atoms with Crippen molar-refractivity contribution in [1.29, 1.82) is 0 Å². The van der Waals surface area contributed by atoms with Crippen LogP contribution in [0.5, 0.6) is 0 Å². The summed E-state index contributed by atoms with van der Waals surface area (Å²) in [6.45, 7) is 12.5. The van der Waals surface area contributed by atoms with Crippen LogP contribution in [0.15, 0.2) is 0 Å². The number of morpholine rings is 1. The van der Waals surface area contributed by atoms with Gasteiger partial charge < -0.3 is 19.5 Å². The second-order valence-electron chi connectivity index (χ2n) is 7.37. The van der Waals surface area contributed by atoms with Crippen LogP contribution < -0.4 is 5.32 Å². The molecule has 5 heteroatoms. The van der Waals surface area contributed by atoms with Crippen LogP contribution in [-0.4, -0.2) is 53.8 Å². The Morgan fingerprint density at radius 2 is 2.19 bits per heavy atom. The van der Waals surface area contributed by atoms with Crippen LogP contribution in [0.1, 0.15) is 38.0 Å². The Morgan fingerprint density at radius 3 is 2.90 bits per heavy atom. The third kappa shape index (κ3) is 3.15. The van der Waals surface area contributed by atoms with Crippen LogP contribution in [0, 0.1) is 0 Å². The molecule has 0 bridgehead atoms. The summed E-state index contributed by atoms with van der Waals surface area (Å²) in [5.74, 6) is 1.20. The van der Waals surface area contributed by atoms with Crippen LogP contribution in [0.25, 0.3) is 0 Å². The van der Waals surface area contributed by atoms with Gasteiger partial charge >= 0.3 is 0 Å². The lowest BCUT2D eigenvalue weighted by atomic mass is 9.95. The molecule has 2 aliphatic rings. The fourth-order valence-corrected chi connectivity index (χ4v) is 3.32. The molecule has 3 heterocycles. The van der Waals surface area contributed by atoms with Crippen molar-refractivity contribution in [1.82, 2.24) is 19.8 Å². The molecule has 21 heavy (non-hydrogen) atoms. The van der Waals surface area contributed by atoms with E-state index in [2.05, 4.69) is 42.6 Å². The van der Waals surface area contributed by atoms with E-state index in [4.69, 9.17) is 9.72 Å². The van der Waals surface area contributed by atoms with Crippen LogP contribution in [0.4, 0.5) is 0 Å². The predicted molar refractivity (Wildman–Crippen MR) is 83.6 cm³/mol. The summed E-state index contributed by atoms with van der Waals surface area (Å²) in [4.78, 5) is 7.29. The molecule has 3 rings (SSSR count). The van der Waals surface area contributed by atoms with Gasteiger partial charge in [0.25, 0.3) is 0 Å². The number of fused-ring (bicyclic) bond motifs is 1. The molecule has 1 fully saturated rings. The molecule has 0 aromatic carbocycles. The fourth-order valence-electron chi connectivity index (χ4n) is 3.32. The highest BCUT2D eigenvalue weighted by atomic mass is 16.5. The van der Waals surface area contributed by atoms with Crippen molar-refractivity contribution < 1.29 is 4.74 Å². The second kappa shape index (κ2) is 5.71. The average Bonchev–Trinajstić information content (AvgIpc) is 2.78.